The summed E-state index contributed by atoms with van der Waals surface area (Å²) in [5.74, 6) is -2.83. The standard InChI is InChI=1S/C21H23F2N3O2/c22-17-10-16(11-18(23)12-17)21(28)24-13-20(27)25-19-6-4-5-15(9-19)14-26-7-2-1-3-8-26/h4-6,9-12H,1-3,7-8,13-14H2,(H,24,28)(H,25,27). The molecule has 0 aromatic heterocycles. The van der Waals surface area contributed by atoms with Crippen LogP contribution < -0.4 is 10.6 Å². The number of carbonyl (C=O) groups is 2. The summed E-state index contributed by atoms with van der Waals surface area (Å²) >= 11 is 0. The second kappa shape index (κ2) is 9.41. The van der Waals surface area contributed by atoms with E-state index in [0.717, 1.165) is 37.3 Å². The highest BCUT2D eigenvalue weighted by atomic mass is 19.1. The molecule has 148 valence electrons. The fourth-order valence-electron chi connectivity index (χ4n) is 3.28. The number of hydrogen-bond acceptors (Lipinski definition) is 3. The Labute approximate surface area is 162 Å². The van der Waals surface area contributed by atoms with Crippen LogP contribution in [0.3, 0.4) is 0 Å². The molecule has 5 nitrogen and oxygen atoms in total. The Morgan fingerprint density at radius 1 is 0.964 bits per heavy atom. The van der Waals surface area contributed by atoms with Crippen molar-refractivity contribution < 1.29 is 18.4 Å². The summed E-state index contributed by atoms with van der Waals surface area (Å²) in [5.41, 5.74) is 1.58. The van der Waals surface area contributed by atoms with E-state index in [1.54, 1.807) is 6.07 Å². The molecular weight excluding hydrogens is 364 g/mol. The molecule has 3 rings (SSSR count). The molecule has 2 amide bonds. The minimum Gasteiger partial charge on any atom is -0.343 e. The zero-order valence-corrected chi connectivity index (χ0v) is 15.5. The highest BCUT2D eigenvalue weighted by molar-refractivity contribution is 5.99. The van der Waals surface area contributed by atoms with Gasteiger partial charge in [0.05, 0.1) is 6.54 Å². The van der Waals surface area contributed by atoms with Gasteiger partial charge in [-0.1, -0.05) is 18.6 Å². The Morgan fingerprint density at radius 2 is 1.68 bits per heavy atom. The molecule has 0 bridgehead atoms. The van der Waals surface area contributed by atoms with Crippen molar-refractivity contribution >= 4 is 17.5 Å². The van der Waals surface area contributed by atoms with Gasteiger partial charge in [-0.3, -0.25) is 14.5 Å². The van der Waals surface area contributed by atoms with Crippen LogP contribution in [-0.4, -0.2) is 36.3 Å². The summed E-state index contributed by atoms with van der Waals surface area (Å²) in [6.45, 7) is 2.71. The lowest BCUT2D eigenvalue weighted by atomic mass is 10.1. The van der Waals surface area contributed by atoms with Gasteiger partial charge < -0.3 is 10.6 Å². The predicted octanol–water partition coefficient (Wildman–Crippen LogP) is 3.32. The fraction of sp³-hybridized carbons (Fsp3) is 0.333. The van der Waals surface area contributed by atoms with Gasteiger partial charge in [-0.2, -0.15) is 0 Å². The minimum atomic E-state index is -0.847. The number of hydrogen-bond donors (Lipinski definition) is 2. The van der Waals surface area contributed by atoms with Crippen LogP contribution in [0.1, 0.15) is 35.2 Å². The van der Waals surface area contributed by atoms with Gasteiger partial charge in [-0.25, -0.2) is 8.78 Å². The van der Waals surface area contributed by atoms with E-state index in [9.17, 15) is 18.4 Å². The van der Waals surface area contributed by atoms with E-state index < -0.39 is 23.4 Å². The molecule has 0 atom stereocenters. The van der Waals surface area contributed by atoms with Crippen LogP contribution in [0.15, 0.2) is 42.5 Å². The number of anilines is 1. The van der Waals surface area contributed by atoms with Gasteiger partial charge in [0.1, 0.15) is 11.6 Å². The van der Waals surface area contributed by atoms with E-state index in [1.807, 2.05) is 18.2 Å². The Bertz CT molecular complexity index is 831. The van der Waals surface area contributed by atoms with Crippen molar-refractivity contribution in [3.05, 3.63) is 65.2 Å². The molecule has 1 fully saturated rings. The quantitative estimate of drug-likeness (QED) is 0.799. The summed E-state index contributed by atoms with van der Waals surface area (Å²) < 4.78 is 26.4. The second-order valence-electron chi connectivity index (χ2n) is 6.93. The van der Waals surface area contributed by atoms with Crippen molar-refractivity contribution in [3.8, 4) is 0 Å². The van der Waals surface area contributed by atoms with Crippen LogP contribution in [0.25, 0.3) is 0 Å². The first kappa shape index (κ1) is 19.9. The summed E-state index contributed by atoms with van der Waals surface area (Å²) in [6, 6.07) is 10.1. The zero-order chi connectivity index (χ0) is 19.9. The zero-order valence-electron chi connectivity index (χ0n) is 15.5. The van der Waals surface area contributed by atoms with E-state index in [2.05, 4.69) is 15.5 Å². The number of nitrogens with one attached hydrogen (secondary N) is 2. The maximum Gasteiger partial charge on any atom is 0.251 e. The van der Waals surface area contributed by atoms with Crippen molar-refractivity contribution in [1.82, 2.24) is 10.2 Å². The highest BCUT2D eigenvalue weighted by Gasteiger charge is 2.13. The van der Waals surface area contributed by atoms with Crippen LogP contribution in [0.5, 0.6) is 0 Å². The Morgan fingerprint density at radius 3 is 2.39 bits per heavy atom. The molecule has 1 heterocycles. The molecule has 0 spiro atoms. The third-order valence-corrected chi connectivity index (χ3v) is 4.60. The van der Waals surface area contributed by atoms with Gasteiger partial charge in [0.2, 0.25) is 5.91 Å². The summed E-state index contributed by atoms with van der Waals surface area (Å²) in [4.78, 5) is 26.4. The van der Waals surface area contributed by atoms with E-state index in [-0.39, 0.29) is 12.1 Å². The number of amides is 2. The van der Waals surface area contributed by atoms with E-state index in [4.69, 9.17) is 0 Å². The Kier molecular flexibility index (Phi) is 6.71. The van der Waals surface area contributed by atoms with Gasteiger partial charge in [0, 0.05) is 23.9 Å². The molecule has 1 aliphatic rings. The molecule has 0 radical (unpaired) electrons. The van der Waals surface area contributed by atoms with Gasteiger partial charge in [0.25, 0.3) is 5.91 Å². The fourth-order valence-corrected chi connectivity index (χ4v) is 3.28. The molecule has 2 aromatic rings. The Balaban J connectivity index is 1.51. The summed E-state index contributed by atoms with van der Waals surface area (Å²) in [6.07, 6.45) is 3.71. The predicted molar refractivity (Wildman–Crippen MR) is 103 cm³/mol. The smallest absolute Gasteiger partial charge is 0.251 e. The average molecular weight is 387 g/mol. The molecule has 2 aromatic carbocycles. The van der Waals surface area contributed by atoms with Gasteiger partial charge >= 0.3 is 0 Å². The van der Waals surface area contributed by atoms with Crippen LogP contribution >= 0.6 is 0 Å². The molecule has 28 heavy (non-hydrogen) atoms. The van der Waals surface area contributed by atoms with E-state index in [0.29, 0.717) is 11.8 Å². The van der Waals surface area contributed by atoms with Gasteiger partial charge in [-0.05, 0) is 55.8 Å². The summed E-state index contributed by atoms with van der Waals surface area (Å²) in [5, 5.41) is 5.09. The van der Waals surface area contributed by atoms with Crippen molar-refractivity contribution in [3.63, 3.8) is 0 Å². The molecule has 0 saturated carbocycles. The maximum atomic E-state index is 13.2. The molecule has 7 heteroatoms. The van der Waals surface area contributed by atoms with Crippen LogP contribution in [-0.2, 0) is 11.3 Å². The third-order valence-electron chi connectivity index (χ3n) is 4.60. The summed E-state index contributed by atoms with van der Waals surface area (Å²) in [7, 11) is 0. The molecule has 1 aliphatic heterocycles. The van der Waals surface area contributed by atoms with E-state index in [1.165, 1.54) is 19.3 Å². The average Bonchev–Trinajstić information content (AvgIpc) is 2.66. The number of likely N-dealkylation sites (tertiary alicyclic amines) is 1. The molecular formula is C21H23F2N3O2. The van der Waals surface area contributed by atoms with Crippen LogP contribution in [0, 0.1) is 11.6 Å². The lowest BCUT2D eigenvalue weighted by molar-refractivity contribution is -0.115. The first-order chi connectivity index (χ1) is 13.5. The molecule has 2 N–H and O–H groups in total. The number of halogens is 2. The topological polar surface area (TPSA) is 61.4 Å². The number of nitrogens with zero attached hydrogens (tertiary/aromatic N) is 1. The number of benzene rings is 2. The van der Waals surface area contributed by atoms with E-state index >= 15 is 0 Å². The van der Waals surface area contributed by atoms with Crippen molar-refractivity contribution in [2.24, 2.45) is 0 Å². The van der Waals surface area contributed by atoms with Crippen LogP contribution in [0.4, 0.5) is 14.5 Å². The largest absolute Gasteiger partial charge is 0.343 e. The molecule has 0 aliphatic carbocycles. The normalized spacial score (nSPS) is 14.5. The third kappa shape index (κ3) is 5.85. The second-order valence-corrected chi connectivity index (χ2v) is 6.93. The van der Waals surface area contributed by atoms with Crippen LogP contribution in [0.2, 0.25) is 0 Å². The number of carbonyl (C=O) groups excluding carboxylic acids is 2. The SMILES string of the molecule is O=C(CNC(=O)c1cc(F)cc(F)c1)Nc1cccc(CN2CCCCC2)c1. The highest BCUT2D eigenvalue weighted by Crippen LogP contribution is 2.16. The Hall–Kier alpha value is -2.80. The van der Waals surface area contributed by atoms with Crippen molar-refractivity contribution in [2.45, 2.75) is 25.8 Å². The van der Waals surface area contributed by atoms with Crippen molar-refractivity contribution in [2.75, 3.05) is 25.0 Å². The number of rotatable bonds is 6. The molecule has 1 saturated heterocycles. The molecule has 0 unspecified atom stereocenters. The van der Waals surface area contributed by atoms with Gasteiger partial charge in [-0.15, -0.1) is 0 Å². The minimum absolute atomic E-state index is 0.172. The maximum absolute atomic E-state index is 13.2. The first-order valence-electron chi connectivity index (χ1n) is 9.35. The number of piperidine rings is 1. The first-order valence-corrected chi connectivity index (χ1v) is 9.35. The lowest BCUT2D eigenvalue weighted by Crippen LogP contribution is -2.33. The van der Waals surface area contributed by atoms with Crippen molar-refractivity contribution in [1.29, 1.82) is 0 Å². The monoisotopic (exact) mass is 387 g/mol. The lowest BCUT2D eigenvalue weighted by Gasteiger charge is -2.26. The van der Waals surface area contributed by atoms with Gasteiger partial charge in [0.15, 0.2) is 0 Å².